The number of nitrogens with one attached hydrogen (secondary N) is 1. The zero-order valence-corrected chi connectivity index (χ0v) is 14.2. The van der Waals surface area contributed by atoms with Gasteiger partial charge in [-0.15, -0.1) is 0 Å². The van der Waals surface area contributed by atoms with E-state index in [4.69, 9.17) is 5.84 Å². The van der Waals surface area contributed by atoms with Crippen molar-refractivity contribution in [1.82, 2.24) is 5.43 Å². The van der Waals surface area contributed by atoms with Gasteiger partial charge < -0.3 is 0 Å². The van der Waals surface area contributed by atoms with Gasteiger partial charge in [-0.1, -0.05) is 40.0 Å². The van der Waals surface area contributed by atoms with Crippen molar-refractivity contribution in [3.8, 4) is 0 Å². The van der Waals surface area contributed by atoms with Crippen LogP contribution in [-0.4, -0.2) is 27.5 Å². The van der Waals surface area contributed by atoms with Crippen LogP contribution in [0.3, 0.4) is 0 Å². The zero-order chi connectivity index (χ0) is 13.8. The van der Waals surface area contributed by atoms with Crippen LogP contribution in [0.1, 0.15) is 52.9 Å². The summed E-state index contributed by atoms with van der Waals surface area (Å²) in [5, 5.41) is 2.24. The minimum atomic E-state index is 0.519. The van der Waals surface area contributed by atoms with Crippen molar-refractivity contribution in [2.45, 2.75) is 74.7 Å². The molecule has 1 saturated carbocycles. The van der Waals surface area contributed by atoms with E-state index in [0.29, 0.717) is 11.3 Å². The molecule has 1 saturated heterocycles. The van der Waals surface area contributed by atoms with Gasteiger partial charge in [0.15, 0.2) is 0 Å². The predicted molar refractivity (Wildman–Crippen MR) is 89.6 cm³/mol. The highest BCUT2D eigenvalue weighted by molar-refractivity contribution is 8.07. The molecule has 19 heavy (non-hydrogen) atoms. The van der Waals surface area contributed by atoms with Crippen LogP contribution in [0.5, 0.6) is 0 Å². The summed E-state index contributed by atoms with van der Waals surface area (Å²) in [6.07, 6.45) is 6.93. The van der Waals surface area contributed by atoms with E-state index < -0.39 is 0 Å². The number of nitrogens with two attached hydrogens (primary N) is 1. The summed E-state index contributed by atoms with van der Waals surface area (Å²) >= 11 is 4.29. The quantitative estimate of drug-likeness (QED) is 0.614. The Morgan fingerprint density at radius 1 is 1.16 bits per heavy atom. The van der Waals surface area contributed by atoms with E-state index >= 15 is 0 Å². The summed E-state index contributed by atoms with van der Waals surface area (Å²) in [6.45, 7) is 7.06. The molecule has 112 valence electrons. The van der Waals surface area contributed by atoms with E-state index in [1.165, 1.54) is 37.9 Å². The lowest BCUT2D eigenvalue weighted by molar-refractivity contribution is 0.218. The molecule has 2 rings (SSSR count). The van der Waals surface area contributed by atoms with Crippen molar-refractivity contribution >= 4 is 23.5 Å². The Balaban J connectivity index is 1.89. The molecular formula is C15H30N2S2. The van der Waals surface area contributed by atoms with Gasteiger partial charge in [0.2, 0.25) is 0 Å². The maximum Gasteiger partial charge on any atom is 0.0365 e. The summed E-state index contributed by atoms with van der Waals surface area (Å²) in [4.78, 5) is 0. The fraction of sp³-hybridized carbons (Fsp3) is 1.00. The van der Waals surface area contributed by atoms with Crippen LogP contribution in [0.2, 0.25) is 0 Å². The van der Waals surface area contributed by atoms with Crippen LogP contribution >= 0.6 is 23.5 Å². The Morgan fingerprint density at radius 3 is 2.37 bits per heavy atom. The second-order valence-electron chi connectivity index (χ2n) is 6.30. The number of hydrogen-bond donors (Lipinski definition) is 2. The van der Waals surface area contributed by atoms with Crippen molar-refractivity contribution in [2.75, 3.05) is 5.75 Å². The monoisotopic (exact) mass is 302 g/mol. The molecular weight excluding hydrogens is 272 g/mol. The molecule has 2 nitrogen and oxygen atoms in total. The fourth-order valence-electron chi connectivity index (χ4n) is 3.50. The van der Waals surface area contributed by atoms with Gasteiger partial charge in [0.1, 0.15) is 0 Å². The van der Waals surface area contributed by atoms with Gasteiger partial charge >= 0.3 is 0 Å². The molecule has 4 unspecified atom stereocenters. The van der Waals surface area contributed by atoms with Gasteiger partial charge in [0, 0.05) is 27.5 Å². The molecule has 1 heterocycles. The third-order valence-electron chi connectivity index (χ3n) is 5.14. The van der Waals surface area contributed by atoms with Crippen molar-refractivity contribution in [1.29, 1.82) is 0 Å². The van der Waals surface area contributed by atoms with E-state index in [1.54, 1.807) is 0 Å². The molecule has 2 fully saturated rings. The van der Waals surface area contributed by atoms with E-state index in [9.17, 15) is 0 Å². The van der Waals surface area contributed by atoms with Gasteiger partial charge in [-0.05, 0) is 24.7 Å². The molecule has 0 aromatic carbocycles. The number of thioether (sulfide) groups is 2. The van der Waals surface area contributed by atoms with Gasteiger partial charge in [-0.3, -0.25) is 11.3 Å². The van der Waals surface area contributed by atoms with Crippen LogP contribution in [0.4, 0.5) is 0 Å². The Kier molecular flexibility index (Phi) is 6.38. The lowest BCUT2D eigenvalue weighted by Gasteiger charge is -2.41. The number of hydrazine groups is 1. The van der Waals surface area contributed by atoms with Crippen molar-refractivity contribution in [3.05, 3.63) is 0 Å². The third-order valence-corrected chi connectivity index (χ3v) is 8.66. The number of rotatable bonds is 4. The molecule has 0 aromatic rings. The minimum Gasteiger partial charge on any atom is -0.271 e. The Morgan fingerprint density at radius 2 is 1.84 bits per heavy atom. The first-order valence-electron chi connectivity index (χ1n) is 7.88. The normalized spacial score (nSPS) is 42.0. The minimum absolute atomic E-state index is 0.519. The first-order chi connectivity index (χ1) is 9.15. The summed E-state index contributed by atoms with van der Waals surface area (Å²) in [7, 11) is 0. The molecule has 4 heteroatoms. The number of hydrogen-bond acceptors (Lipinski definition) is 4. The summed E-state index contributed by atoms with van der Waals surface area (Å²) in [5.74, 6) is 8.94. The Bertz CT molecular complexity index is 267. The van der Waals surface area contributed by atoms with Crippen LogP contribution < -0.4 is 11.3 Å². The highest BCUT2D eigenvalue weighted by Crippen LogP contribution is 2.41. The second-order valence-corrected chi connectivity index (χ2v) is 9.33. The molecule has 1 aliphatic heterocycles. The highest BCUT2D eigenvalue weighted by Gasteiger charge is 2.36. The molecule has 0 radical (unpaired) electrons. The fourth-order valence-corrected chi connectivity index (χ4v) is 6.69. The topological polar surface area (TPSA) is 38.0 Å². The van der Waals surface area contributed by atoms with E-state index in [1.807, 2.05) is 0 Å². The largest absolute Gasteiger partial charge is 0.271 e. The first-order valence-corrected chi connectivity index (χ1v) is 9.88. The molecule has 4 atom stereocenters. The summed E-state index contributed by atoms with van der Waals surface area (Å²) < 4.78 is 0. The van der Waals surface area contributed by atoms with Crippen LogP contribution in [0.15, 0.2) is 0 Å². The van der Waals surface area contributed by atoms with Crippen LogP contribution in [0, 0.1) is 11.8 Å². The van der Waals surface area contributed by atoms with Crippen LogP contribution in [-0.2, 0) is 0 Å². The van der Waals surface area contributed by atoms with Crippen LogP contribution in [0.25, 0.3) is 0 Å². The van der Waals surface area contributed by atoms with Gasteiger partial charge in [-0.2, -0.15) is 23.5 Å². The molecule has 1 aliphatic carbocycles. The lowest BCUT2D eigenvalue weighted by Crippen LogP contribution is -2.51. The Hall–Kier alpha value is 0.620. The molecule has 0 amide bonds. The smallest absolute Gasteiger partial charge is 0.0365 e. The average molecular weight is 303 g/mol. The summed E-state index contributed by atoms with van der Waals surface area (Å²) in [5.41, 5.74) is 3.18. The zero-order valence-electron chi connectivity index (χ0n) is 12.6. The first kappa shape index (κ1) is 16.0. The lowest BCUT2D eigenvalue weighted by atomic mass is 9.77. The second kappa shape index (κ2) is 7.58. The van der Waals surface area contributed by atoms with E-state index in [0.717, 1.165) is 22.3 Å². The maximum atomic E-state index is 5.91. The highest BCUT2D eigenvalue weighted by atomic mass is 32.2. The van der Waals surface area contributed by atoms with E-state index in [-0.39, 0.29) is 0 Å². The summed E-state index contributed by atoms with van der Waals surface area (Å²) in [6, 6.07) is 0.519. The predicted octanol–water partition coefficient (Wildman–Crippen LogP) is 3.66. The average Bonchev–Trinajstić information content (AvgIpc) is 2.44. The SMILES string of the molecule is CCC1CCC(C(NN)C2CSC(C)C(C)S2)CC1. The molecule has 0 bridgehead atoms. The molecule has 2 aliphatic rings. The van der Waals surface area contributed by atoms with Crippen molar-refractivity contribution in [2.24, 2.45) is 17.7 Å². The van der Waals surface area contributed by atoms with Gasteiger partial charge in [0.05, 0.1) is 0 Å². The molecule has 0 spiro atoms. The van der Waals surface area contributed by atoms with Gasteiger partial charge in [-0.25, -0.2) is 0 Å². The standard InChI is InChI=1S/C15H30N2S2/c1-4-12-5-7-13(8-6-12)15(17-16)14-9-18-10(2)11(3)19-14/h10-15,17H,4-9,16H2,1-3H3. The third kappa shape index (κ3) is 4.05. The van der Waals surface area contributed by atoms with Gasteiger partial charge in [0.25, 0.3) is 0 Å². The Labute approximate surface area is 127 Å². The maximum absolute atomic E-state index is 5.91. The van der Waals surface area contributed by atoms with Crippen molar-refractivity contribution in [3.63, 3.8) is 0 Å². The molecule has 0 aromatic heterocycles. The van der Waals surface area contributed by atoms with Crippen molar-refractivity contribution < 1.29 is 0 Å². The molecule has 3 N–H and O–H groups in total. The van der Waals surface area contributed by atoms with E-state index in [2.05, 4.69) is 49.7 Å².